The van der Waals surface area contributed by atoms with E-state index in [4.69, 9.17) is 4.98 Å². The summed E-state index contributed by atoms with van der Waals surface area (Å²) >= 11 is 5.14. The Bertz CT molecular complexity index is 1190. The van der Waals surface area contributed by atoms with Crippen LogP contribution in [0.4, 0.5) is 16.5 Å². The van der Waals surface area contributed by atoms with Gasteiger partial charge in [0.2, 0.25) is 0 Å². The molecule has 1 aromatic heterocycles. The van der Waals surface area contributed by atoms with Crippen molar-refractivity contribution in [1.29, 1.82) is 0 Å². The maximum absolute atomic E-state index is 12.4. The number of piperazine rings is 1. The molecule has 1 saturated heterocycles. The Morgan fingerprint density at radius 2 is 1.73 bits per heavy atom. The van der Waals surface area contributed by atoms with Gasteiger partial charge in [-0.2, -0.15) is 0 Å². The topological polar surface area (TPSA) is 135 Å². The third kappa shape index (κ3) is 5.43. The number of nitrogens with one attached hydrogen (secondary N) is 1. The summed E-state index contributed by atoms with van der Waals surface area (Å²) in [6.45, 7) is 4.15. The third-order valence-corrected chi connectivity index (χ3v) is 6.85. The molecular formula is C20H19BrN6O5S. The van der Waals surface area contributed by atoms with Crippen molar-refractivity contribution in [3.05, 3.63) is 66.7 Å². The Hall–Kier alpha value is -3.16. The average Bonchev–Trinajstić information content (AvgIpc) is 3.22. The minimum absolute atomic E-state index is 0.108. The molecule has 0 bridgehead atoms. The van der Waals surface area contributed by atoms with Gasteiger partial charge in [0.25, 0.3) is 17.3 Å². The van der Waals surface area contributed by atoms with Crippen LogP contribution in [0.1, 0.15) is 10.4 Å². The molecule has 0 atom stereocenters. The van der Waals surface area contributed by atoms with E-state index in [1.165, 1.54) is 0 Å². The lowest BCUT2D eigenvalue weighted by Gasteiger charge is -2.34. The van der Waals surface area contributed by atoms with Crippen LogP contribution in [-0.4, -0.2) is 64.9 Å². The molecule has 1 aliphatic heterocycles. The zero-order valence-corrected chi connectivity index (χ0v) is 19.7. The van der Waals surface area contributed by atoms with E-state index < -0.39 is 27.1 Å². The van der Waals surface area contributed by atoms with Gasteiger partial charge in [-0.15, -0.1) is 0 Å². The highest BCUT2D eigenvalue weighted by atomic mass is 79.9. The number of fused-ring (bicyclic) bond motifs is 1. The van der Waals surface area contributed by atoms with Crippen molar-refractivity contribution < 1.29 is 14.6 Å². The predicted molar refractivity (Wildman–Crippen MR) is 128 cm³/mol. The maximum Gasteiger partial charge on any atom is 0.277 e. The fraction of sp³-hybridized carbons (Fsp3) is 0.300. The first-order valence-corrected chi connectivity index (χ1v) is 11.7. The lowest BCUT2D eigenvalue weighted by Crippen LogP contribution is -2.48. The third-order valence-electron chi connectivity index (χ3n) is 5.28. The summed E-state index contributed by atoms with van der Waals surface area (Å²) in [5.41, 5.74) is -0.117. The number of hydrogen-bond acceptors (Lipinski definition) is 9. The zero-order chi connectivity index (χ0) is 23.5. The van der Waals surface area contributed by atoms with Gasteiger partial charge in [-0.1, -0.05) is 27.3 Å². The van der Waals surface area contributed by atoms with Gasteiger partial charge < -0.3 is 10.2 Å². The van der Waals surface area contributed by atoms with E-state index in [1.54, 1.807) is 11.3 Å². The van der Waals surface area contributed by atoms with E-state index in [-0.39, 0.29) is 5.56 Å². The minimum Gasteiger partial charge on any atom is -0.351 e. The van der Waals surface area contributed by atoms with Gasteiger partial charge in [0.1, 0.15) is 0 Å². The number of aromatic nitrogens is 1. The molecule has 0 radical (unpaired) electrons. The zero-order valence-electron chi connectivity index (χ0n) is 17.3. The molecule has 3 aromatic rings. The fourth-order valence-electron chi connectivity index (χ4n) is 3.55. The van der Waals surface area contributed by atoms with Crippen LogP contribution in [0.5, 0.6) is 0 Å². The van der Waals surface area contributed by atoms with E-state index in [0.717, 1.165) is 64.2 Å². The van der Waals surface area contributed by atoms with Gasteiger partial charge in [0.15, 0.2) is 5.13 Å². The Kier molecular flexibility index (Phi) is 6.81. The van der Waals surface area contributed by atoms with Crippen LogP contribution in [0, 0.1) is 20.2 Å². The second-order valence-electron chi connectivity index (χ2n) is 7.45. The van der Waals surface area contributed by atoms with Gasteiger partial charge in [-0.3, -0.25) is 29.9 Å². The first kappa shape index (κ1) is 23.0. The van der Waals surface area contributed by atoms with Crippen molar-refractivity contribution in [2.24, 2.45) is 0 Å². The largest absolute Gasteiger partial charge is 0.351 e. The van der Waals surface area contributed by atoms with Crippen LogP contribution in [0.25, 0.3) is 10.2 Å². The summed E-state index contributed by atoms with van der Waals surface area (Å²) in [6, 6.07) is 8.94. The summed E-state index contributed by atoms with van der Waals surface area (Å²) in [5.74, 6) is -0.582. The summed E-state index contributed by atoms with van der Waals surface area (Å²) in [4.78, 5) is 42.0. The standard InChI is InChI=1S/C20H19BrN6O5S/c21-14-1-2-17-18(11-14)33-20(23-17)25-7-5-24(6-8-25)4-3-22-19(28)13-9-15(26(29)30)12-16(10-13)27(31)32/h1-2,9-12H,3-8H2,(H,22,28). The molecule has 0 saturated carbocycles. The van der Waals surface area contributed by atoms with E-state index in [9.17, 15) is 25.0 Å². The number of rotatable bonds is 7. The quantitative estimate of drug-likeness (QED) is 0.359. The van der Waals surface area contributed by atoms with Crippen molar-refractivity contribution in [1.82, 2.24) is 15.2 Å². The van der Waals surface area contributed by atoms with Gasteiger partial charge >= 0.3 is 0 Å². The number of halogens is 1. The van der Waals surface area contributed by atoms with E-state index in [2.05, 4.69) is 37.1 Å². The van der Waals surface area contributed by atoms with Gasteiger partial charge in [-0.25, -0.2) is 4.98 Å². The Labute approximate surface area is 200 Å². The summed E-state index contributed by atoms with van der Waals surface area (Å²) in [6.07, 6.45) is 0. The molecule has 1 fully saturated rings. The fourth-order valence-corrected chi connectivity index (χ4v) is 5.12. The Morgan fingerprint density at radius 1 is 1.06 bits per heavy atom. The molecule has 172 valence electrons. The van der Waals surface area contributed by atoms with Crippen LogP contribution < -0.4 is 10.2 Å². The number of nitrogens with zero attached hydrogens (tertiary/aromatic N) is 5. The molecule has 13 heteroatoms. The number of carbonyl (C=O) groups excluding carboxylic acids is 1. The number of amides is 1. The van der Waals surface area contributed by atoms with Crippen LogP contribution in [-0.2, 0) is 0 Å². The number of carbonyl (C=O) groups is 1. The SMILES string of the molecule is O=C(NCCN1CCN(c2nc3ccc(Br)cc3s2)CC1)c1cc([N+](=O)[O-])cc([N+](=O)[O-])c1. The summed E-state index contributed by atoms with van der Waals surface area (Å²) in [7, 11) is 0. The molecule has 1 N–H and O–H groups in total. The first-order valence-electron chi connectivity index (χ1n) is 10.1. The minimum atomic E-state index is -0.756. The Morgan fingerprint density at radius 3 is 2.36 bits per heavy atom. The number of nitro groups is 2. The summed E-state index contributed by atoms with van der Waals surface area (Å²) < 4.78 is 2.16. The molecular weight excluding hydrogens is 516 g/mol. The van der Waals surface area contributed by atoms with Crippen molar-refractivity contribution in [2.75, 3.05) is 44.2 Å². The van der Waals surface area contributed by atoms with Crippen LogP contribution in [0.15, 0.2) is 40.9 Å². The molecule has 2 heterocycles. The summed E-state index contributed by atoms with van der Waals surface area (Å²) in [5, 5.41) is 25.7. The van der Waals surface area contributed by atoms with Crippen LogP contribution in [0.3, 0.4) is 0 Å². The lowest BCUT2D eigenvalue weighted by molar-refractivity contribution is -0.394. The van der Waals surface area contributed by atoms with Gasteiger partial charge in [0, 0.05) is 55.9 Å². The van der Waals surface area contributed by atoms with E-state index >= 15 is 0 Å². The first-order chi connectivity index (χ1) is 15.8. The number of anilines is 1. The van der Waals surface area contributed by atoms with Gasteiger partial charge in [-0.05, 0) is 18.2 Å². The van der Waals surface area contributed by atoms with Crippen molar-refractivity contribution in [2.45, 2.75) is 0 Å². The van der Waals surface area contributed by atoms with Crippen LogP contribution >= 0.6 is 27.3 Å². The highest BCUT2D eigenvalue weighted by Gasteiger charge is 2.22. The Balaban J connectivity index is 1.29. The second-order valence-corrected chi connectivity index (χ2v) is 9.37. The molecule has 0 spiro atoms. The number of non-ortho nitro benzene ring substituents is 2. The molecule has 1 aliphatic rings. The smallest absolute Gasteiger partial charge is 0.277 e. The number of hydrogen-bond donors (Lipinski definition) is 1. The van der Waals surface area contributed by atoms with Crippen molar-refractivity contribution >= 4 is 59.9 Å². The normalized spacial score (nSPS) is 14.4. The molecule has 2 aromatic carbocycles. The highest BCUT2D eigenvalue weighted by Crippen LogP contribution is 2.31. The van der Waals surface area contributed by atoms with Crippen molar-refractivity contribution in [3.63, 3.8) is 0 Å². The van der Waals surface area contributed by atoms with E-state index in [0.29, 0.717) is 13.1 Å². The van der Waals surface area contributed by atoms with Crippen LogP contribution in [0.2, 0.25) is 0 Å². The number of thiazole rings is 1. The van der Waals surface area contributed by atoms with Gasteiger partial charge in [0.05, 0.1) is 31.7 Å². The molecule has 33 heavy (non-hydrogen) atoms. The lowest BCUT2D eigenvalue weighted by atomic mass is 10.1. The molecule has 4 rings (SSSR count). The van der Waals surface area contributed by atoms with E-state index in [1.807, 2.05) is 12.1 Å². The maximum atomic E-state index is 12.4. The highest BCUT2D eigenvalue weighted by molar-refractivity contribution is 9.10. The molecule has 11 nitrogen and oxygen atoms in total. The molecule has 0 aliphatic carbocycles. The monoisotopic (exact) mass is 534 g/mol. The molecule has 0 unspecified atom stereocenters. The predicted octanol–water partition coefficient (Wildman–Crippen LogP) is 3.43. The number of nitro benzene ring substituents is 2. The average molecular weight is 535 g/mol. The van der Waals surface area contributed by atoms with Crippen molar-refractivity contribution in [3.8, 4) is 0 Å². The molecule has 1 amide bonds. The number of benzene rings is 2. The second kappa shape index (κ2) is 9.77.